The Morgan fingerprint density at radius 2 is 2.02 bits per heavy atom. The zero-order valence-electron chi connectivity index (χ0n) is 24.0. The van der Waals surface area contributed by atoms with Crippen molar-refractivity contribution in [2.75, 3.05) is 17.2 Å². The number of alkyl halides is 3. The maximum Gasteiger partial charge on any atom is 0.413 e. The van der Waals surface area contributed by atoms with Crippen LogP contribution in [0.1, 0.15) is 53.0 Å². The molecule has 0 bridgehead atoms. The molecule has 13 heteroatoms. The predicted molar refractivity (Wildman–Crippen MR) is 158 cm³/mol. The van der Waals surface area contributed by atoms with Gasteiger partial charge in [0, 0.05) is 41.3 Å². The van der Waals surface area contributed by atoms with E-state index < -0.39 is 23.7 Å². The van der Waals surface area contributed by atoms with Gasteiger partial charge in [-0.05, 0) is 44.2 Å². The summed E-state index contributed by atoms with van der Waals surface area (Å²) >= 11 is 6.62. The second-order valence-corrected chi connectivity index (χ2v) is 12.0. The van der Waals surface area contributed by atoms with Crippen LogP contribution in [-0.2, 0) is 0 Å². The molecule has 42 heavy (non-hydrogen) atoms. The third-order valence-corrected chi connectivity index (χ3v) is 7.36. The normalized spacial score (nSPS) is 17.8. The molecule has 1 aliphatic carbocycles. The summed E-state index contributed by atoms with van der Waals surface area (Å²) in [6.45, 7) is 13.9. The number of aliphatic imine (C=N–C) groups is 1. The summed E-state index contributed by atoms with van der Waals surface area (Å²) in [6.07, 6.45) is -0.327. The number of anilines is 2. The first kappa shape index (κ1) is 31.1. The SMILES string of the molecule is C=C(/C(F)=N\C(C)=C/C)[C@H](Nc1cc(Cl)c2ncc(C#N)c(NCC(C)(C)C)c2c1)C1=CN(C2(C(F)(F)F)CC2)NN1. The molecule has 0 saturated heterocycles. The maximum atomic E-state index is 15.3. The topological polar surface area (TPSA) is 100 Å². The summed E-state index contributed by atoms with van der Waals surface area (Å²) < 4.78 is 56.7. The summed E-state index contributed by atoms with van der Waals surface area (Å²) in [5.74, 6) is -0.894. The molecule has 1 aliphatic heterocycles. The summed E-state index contributed by atoms with van der Waals surface area (Å²) in [7, 11) is 0. The molecular formula is C29H33ClF4N8. The maximum absolute atomic E-state index is 15.3. The van der Waals surface area contributed by atoms with Crippen molar-refractivity contribution in [3.63, 3.8) is 0 Å². The first-order chi connectivity index (χ1) is 19.6. The van der Waals surface area contributed by atoms with Gasteiger partial charge in [-0.15, -0.1) is 5.53 Å². The molecule has 0 spiro atoms. The highest BCUT2D eigenvalue weighted by Crippen LogP contribution is 2.53. The van der Waals surface area contributed by atoms with Crippen molar-refractivity contribution in [1.29, 1.82) is 5.26 Å². The second-order valence-electron chi connectivity index (χ2n) is 11.6. The number of hydrazine groups is 2. The van der Waals surface area contributed by atoms with Crippen molar-refractivity contribution >= 4 is 39.8 Å². The minimum atomic E-state index is -4.48. The van der Waals surface area contributed by atoms with E-state index >= 15 is 4.39 Å². The Balaban J connectivity index is 1.78. The molecule has 2 aromatic rings. The number of benzene rings is 1. The highest BCUT2D eigenvalue weighted by atomic mass is 35.5. The van der Waals surface area contributed by atoms with Crippen molar-refractivity contribution < 1.29 is 17.6 Å². The number of nitrogens with zero attached hydrogens (tertiary/aromatic N) is 4. The van der Waals surface area contributed by atoms with E-state index in [4.69, 9.17) is 11.6 Å². The summed E-state index contributed by atoms with van der Waals surface area (Å²) in [5, 5.41) is 18.0. The van der Waals surface area contributed by atoms with Crippen molar-refractivity contribution in [3.05, 3.63) is 64.7 Å². The van der Waals surface area contributed by atoms with Crippen molar-refractivity contribution in [1.82, 2.24) is 21.0 Å². The molecule has 1 saturated carbocycles. The van der Waals surface area contributed by atoms with Crippen LogP contribution in [-0.4, -0.2) is 40.3 Å². The Kier molecular flexibility index (Phi) is 8.49. The fourth-order valence-electron chi connectivity index (χ4n) is 4.39. The van der Waals surface area contributed by atoms with Gasteiger partial charge in [0.2, 0.25) is 5.97 Å². The molecule has 1 fully saturated rings. The summed E-state index contributed by atoms with van der Waals surface area (Å²) in [4.78, 5) is 8.28. The molecule has 1 aromatic carbocycles. The van der Waals surface area contributed by atoms with E-state index in [1.165, 1.54) is 12.4 Å². The third-order valence-electron chi connectivity index (χ3n) is 7.07. The lowest BCUT2D eigenvalue weighted by molar-refractivity contribution is -0.195. The van der Waals surface area contributed by atoms with Crippen LogP contribution in [0, 0.1) is 16.7 Å². The lowest BCUT2D eigenvalue weighted by atomic mass is 9.96. The van der Waals surface area contributed by atoms with E-state index in [0.717, 1.165) is 5.01 Å². The van der Waals surface area contributed by atoms with E-state index in [1.807, 2.05) is 20.8 Å². The molecule has 224 valence electrons. The Bertz CT molecular complexity index is 1530. The van der Waals surface area contributed by atoms with Gasteiger partial charge < -0.3 is 16.1 Å². The van der Waals surface area contributed by atoms with Gasteiger partial charge in [-0.25, -0.2) is 4.99 Å². The molecule has 4 rings (SSSR count). The minimum Gasteiger partial charge on any atom is -0.383 e. The number of hydrogen-bond donors (Lipinski definition) is 4. The third kappa shape index (κ3) is 6.32. The smallest absolute Gasteiger partial charge is 0.383 e. The largest absolute Gasteiger partial charge is 0.413 e. The highest BCUT2D eigenvalue weighted by molar-refractivity contribution is 6.35. The van der Waals surface area contributed by atoms with E-state index in [-0.39, 0.29) is 34.5 Å². The quantitative estimate of drug-likeness (QED) is 0.179. The predicted octanol–water partition coefficient (Wildman–Crippen LogP) is 7.11. The first-order valence-electron chi connectivity index (χ1n) is 13.3. The molecule has 1 atom stereocenters. The molecule has 2 heterocycles. The lowest BCUT2D eigenvalue weighted by Crippen LogP contribution is -2.52. The number of halogens is 5. The number of nitriles is 1. The molecule has 1 aromatic heterocycles. The zero-order valence-corrected chi connectivity index (χ0v) is 24.7. The van der Waals surface area contributed by atoms with Crippen molar-refractivity contribution in [2.45, 2.75) is 65.2 Å². The van der Waals surface area contributed by atoms with Crippen LogP contribution in [0.4, 0.5) is 28.9 Å². The molecule has 2 aliphatic rings. The van der Waals surface area contributed by atoms with E-state index in [2.05, 4.69) is 44.2 Å². The number of allylic oxidation sites excluding steroid dienone is 2. The molecular weight excluding hydrogens is 572 g/mol. The minimum absolute atomic E-state index is 0.0802. The standard InChI is InChI=1S/C29H33ClF4N8/c1-7-16(2)38-26(31)17(3)23(22-14-42(41-40-22)28(8-9-28)29(32,33)34)39-19-10-20-24(37-15-27(4,5)6)18(12-35)13-36-25(20)21(30)11-19/h7,10-11,13-14,23,39-41H,3,8-9,15H2,1-2,4-6H3,(H,36,37)/b16-7-,38-26+/t23-/m0/s1. The first-order valence-corrected chi connectivity index (χ1v) is 13.7. The molecule has 0 amide bonds. The van der Waals surface area contributed by atoms with Gasteiger partial charge in [-0.3, -0.25) is 9.99 Å². The van der Waals surface area contributed by atoms with Gasteiger partial charge in [0.1, 0.15) is 6.07 Å². The number of rotatable bonds is 9. The van der Waals surface area contributed by atoms with Gasteiger partial charge in [-0.2, -0.15) is 22.8 Å². The van der Waals surface area contributed by atoms with Gasteiger partial charge in [0.15, 0.2) is 5.54 Å². The zero-order chi connectivity index (χ0) is 31.0. The van der Waals surface area contributed by atoms with Crippen molar-refractivity contribution in [3.8, 4) is 6.07 Å². The van der Waals surface area contributed by atoms with E-state index in [0.29, 0.717) is 40.1 Å². The van der Waals surface area contributed by atoms with Crippen LogP contribution in [0.3, 0.4) is 0 Å². The van der Waals surface area contributed by atoms with Crippen molar-refractivity contribution in [2.24, 2.45) is 10.4 Å². The lowest BCUT2D eigenvalue weighted by Gasteiger charge is -2.28. The summed E-state index contributed by atoms with van der Waals surface area (Å²) in [6, 6.07) is 4.34. The van der Waals surface area contributed by atoms with Gasteiger partial charge in [0.05, 0.1) is 33.5 Å². The molecule has 0 radical (unpaired) electrons. The van der Waals surface area contributed by atoms with Crippen LogP contribution in [0.5, 0.6) is 0 Å². The Morgan fingerprint density at radius 3 is 2.60 bits per heavy atom. The number of pyridine rings is 1. The van der Waals surface area contributed by atoms with Gasteiger partial charge in [0.25, 0.3) is 0 Å². The number of fused-ring (bicyclic) bond motifs is 1. The highest BCUT2D eigenvalue weighted by Gasteiger charge is 2.67. The van der Waals surface area contributed by atoms with E-state index in [9.17, 15) is 18.4 Å². The van der Waals surface area contributed by atoms with Crippen LogP contribution in [0.15, 0.2) is 59.1 Å². The Morgan fingerprint density at radius 1 is 1.33 bits per heavy atom. The van der Waals surface area contributed by atoms with Crippen LogP contribution in [0.25, 0.3) is 10.9 Å². The van der Waals surface area contributed by atoms with E-state index in [1.54, 1.807) is 32.1 Å². The van der Waals surface area contributed by atoms with Gasteiger partial charge >= 0.3 is 6.18 Å². The molecule has 4 N–H and O–H groups in total. The fraction of sp³-hybridized carbons (Fsp3) is 0.414. The number of nitrogens with one attached hydrogen (secondary N) is 4. The molecule has 8 nitrogen and oxygen atoms in total. The number of hydrogen-bond acceptors (Lipinski definition) is 8. The summed E-state index contributed by atoms with van der Waals surface area (Å²) in [5.41, 5.74) is 5.27. The number of aromatic nitrogens is 1. The van der Waals surface area contributed by atoms with Crippen LogP contribution >= 0.6 is 11.6 Å². The molecule has 0 unspecified atom stereocenters. The average molecular weight is 605 g/mol. The van der Waals surface area contributed by atoms with Crippen LogP contribution in [0.2, 0.25) is 5.02 Å². The fourth-order valence-corrected chi connectivity index (χ4v) is 4.65. The monoisotopic (exact) mass is 604 g/mol. The second kappa shape index (κ2) is 11.5. The van der Waals surface area contributed by atoms with Gasteiger partial charge in [-0.1, -0.05) is 45.0 Å². The average Bonchev–Trinajstić information content (AvgIpc) is 3.60. The van der Waals surface area contributed by atoms with Crippen LogP contribution < -0.4 is 21.6 Å². The Hall–Kier alpha value is -3.82. The Labute approximate surface area is 247 Å².